The lowest BCUT2D eigenvalue weighted by Crippen LogP contribution is -2.46. The van der Waals surface area contributed by atoms with Crippen molar-refractivity contribution in [2.75, 3.05) is 48.3 Å². The normalized spacial score (nSPS) is 13.7. The lowest BCUT2D eigenvalue weighted by Gasteiger charge is -2.37. The van der Waals surface area contributed by atoms with E-state index >= 15 is 0 Å². The van der Waals surface area contributed by atoms with Gasteiger partial charge in [0.05, 0.1) is 12.8 Å². The number of hydrogen-bond acceptors (Lipinski definition) is 8. The molecule has 3 aromatic rings. The summed E-state index contributed by atoms with van der Waals surface area (Å²) in [5, 5.41) is 13.3. The van der Waals surface area contributed by atoms with Crippen LogP contribution >= 0.6 is 0 Å². The molecule has 186 valence electrons. The van der Waals surface area contributed by atoms with Crippen molar-refractivity contribution >= 4 is 29.0 Å². The van der Waals surface area contributed by atoms with E-state index in [4.69, 9.17) is 4.74 Å². The summed E-state index contributed by atoms with van der Waals surface area (Å²) >= 11 is 0. The van der Waals surface area contributed by atoms with Gasteiger partial charge in [0.25, 0.3) is 0 Å². The van der Waals surface area contributed by atoms with Crippen LogP contribution in [-0.2, 0) is 11.2 Å². The Morgan fingerprint density at radius 1 is 1.20 bits per heavy atom. The van der Waals surface area contributed by atoms with E-state index < -0.39 is 5.82 Å². The number of anilines is 5. The van der Waals surface area contributed by atoms with E-state index in [9.17, 15) is 4.39 Å². The summed E-state index contributed by atoms with van der Waals surface area (Å²) in [6.45, 7) is 14.3. The van der Waals surface area contributed by atoms with Gasteiger partial charge in [-0.15, -0.1) is 0 Å². The first kappa shape index (κ1) is 24.3. The van der Waals surface area contributed by atoms with Gasteiger partial charge >= 0.3 is 0 Å². The van der Waals surface area contributed by atoms with E-state index in [0.717, 1.165) is 61.7 Å². The molecule has 0 radical (unpaired) electrons. The van der Waals surface area contributed by atoms with Crippen LogP contribution in [0.4, 0.5) is 33.3 Å². The van der Waals surface area contributed by atoms with E-state index in [1.807, 2.05) is 31.2 Å². The second-order valence-corrected chi connectivity index (χ2v) is 8.87. The summed E-state index contributed by atoms with van der Waals surface area (Å²) in [5.41, 5.74) is 2.89. The van der Waals surface area contributed by atoms with Crippen LogP contribution in [0.3, 0.4) is 0 Å². The molecule has 35 heavy (non-hydrogen) atoms. The van der Waals surface area contributed by atoms with Crippen LogP contribution in [0.5, 0.6) is 0 Å². The van der Waals surface area contributed by atoms with Crippen molar-refractivity contribution in [3.8, 4) is 0 Å². The molecule has 1 fully saturated rings. The van der Waals surface area contributed by atoms with Crippen molar-refractivity contribution in [3.05, 3.63) is 60.5 Å². The molecule has 0 unspecified atom stereocenters. The third kappa shape index (κ3) is 6.40. The number of H-pyrrole nitrogens is 1. The third-order valence-corrected chi connectivity index (χ3v) is 5.66. The molecule has 0 bridgehead atoms. The number of hydrogen-bond donors (Lipinski definition) is 3. The molecule has 0 spiro atoms. The molecule has 9 nitrogen and oxygen atoms in total. The molecule has 2 aromatic heterocycles. The molecular weight excluding hydrogens is 447 g/mol. The summed E-state index contributed by atoms with van der Waals surface area (Å²) in [7, 11) is 0. The van der Waals surface area contributed by atoms with Crippen LogP contribution in [0.25, 0.3) is 0 Å². The highest BCUT2D eigenvalue weighted by Crippen LogP contribution is 2.25. The number of nitrogens with zero attached hydrogens (tertiary/aromatic N) is 5. The summed E-state index contributed by atoms with van der Waals surface area (Å²) < 4.78 is 19.9. The Labute approximate surface area is 205 Å². The first-order chi connectivity index (χ1) is 16.9. The highest BCUT2D eigenvalue weighted by Gasteiger charge is 2.19. The monoisotopic (exact) mass is 480 g/mol. The van der Waals surface area contributed by atoms with Crippen molar-refractivity contribution < 1.29 is 9.13 Å². The topological polar surface area (TPSA) is 94.2 Å². The van der Waals surface area contributed by atoms with Gasteiger partial charge in [-0.25, -0.2) is 9.37 Å². The molecule has 0 aliphatic carbocycles. The molecule has 3 N–H and O–H groups in total. The van der Waals surface area contributed by atoms with Crippen molar-refractivity contribution in [1.82, 2.24) is 25.1 Å². The largest absolute Gasteiger partial charge is 0.480 e. The van der Waals surface area contributed by atoms with Crippen LogP contribution in [0.1, 0.15) is 26.5 Å². The fourth-order valence-electron chi connectivity index (χ4n) is 3.99. The molecule has 1 aliphatic rings. The van der Waals surface area contributed by atoms with Gasteiger partial charge in [0, 0.05) is 49.3 Å². The molecule has 1 aromatic carbocycles. The molecule has 1 aliphatic heterocycles. The molecule has 3 heterocycles. The number of aromatic amines is 1. The predicted octanol–water partition coefficient (Wildman–Crippen LogP) is 4.65. The lowest BCUT2D eigenvalue weighted by atomic mass is 10.1. The first-order valence-corrected chi connectivity index (χ1v) is 11.9. The zero-order valence-electron chi connectivity index (χ0n) is 20.5. The van der Waals surface area contributed by atoms with Gasteiger partial charge < -0.3 is 25.2 Å². The number of ether oxygens (including phenoxy) is 1. The summed E-state index contributed by atoms with van der Waals surface area (Å²) in [6, 6.07) is 9.89. The smallest absolute Gasteiger partial charge is 0.229 e. The third-order valence-electron chi connectivity index (χ3n) is 5.66. The zero-order chi connectivity index (χ0) is 24.8. The highest BCUT2D eigenvalue weighted by molar-refractivity contribution is 5.63. The van der Waals surface area contributed by atoms with E-state index in [2.05, 4.69) is 67.1 Å². The van der Waals surface area contributed by atoms with Crippen LogP contribution < -0.4 is 15.5 Å². The lowest BCUT2D eigenvalue weighted by molar-refractivity contribution is 0.118. The Morgan fingerprint density at radius 2 is 2.00 bits per heavy atom. The van der Waals surface area contributed by atoms with Gasteiger partial charge in [-0.05, 0) is 44.0 Å². The first-order valence-electron chi connectivity index (χ1n) is 11.9. The van der Waals surface area contributed by atoms with Crippen molar-refractivity contribution in [2.24, 2.45) is 5.92 Å². The summed E-state index contributed by atoms with van der Waals surface area (Å²) in [4.78, 5) is 12.9. The maximum absolute atomic E-state index is 14.4. The number of halogens is 1. The van der Waals surface area contributed by atoms with Gasteiger partial charge in [-0.1, -0.05) is 19.9 Å². The Balaban J connectivity index is 1.40. The quantitative estimate of drug-likeness (QED) is 0.361. The number of nitrogens with one attached hydrogen (secondary N) is 3. The fourth-order valence-corrected chi connectivity index (χ4v) is 3.99. The van der Waals surface area contributed by atoms with Crippen LogP contribution in [-0.4, -0.2) is 57.9 Å². The van der Waals surface area contributed by atoms with Crippen molar-refractivity contribution in [2.45, 2.75) is 27.2 Å². The van der Waals surface area contributed by atoms with Gasteiger partial charge in [-0.3, -0.25) is 5.10 Å². The molecule has 0 atom stereocenters. The molecule has 0 amide bonds. The average molecular weight is 481 g/mol. The van der Waals surface area contributed by atoms with Crippen molar-refractivity contribution in [3.63, 3.8) is 0 Å². The van der Waals surface area contributed by atoms with Crippen LogP contribution in [0.2, 0.25) is 0 Å². The van der Waals surface area contributed by atoms with Gasteiger partial charge in [-0.2, -0.15) is 10.1 Å². The van der Waals surface area contributed by atoms with Crippen LogP contribution in [0, 0.1) is 11.7 Å². The second-order valence-electron chi connectivity index (χ2n) is 8.87. The summed E-state index contributed by atoms with van der Waals surface area (Å²) in [5.74, 6) is 1.53. The Bertz CT molecular complexity index is 1140. The maximum atomic E-state index is 14.4. The standard InChI is InChI=1S/C25H33FN8O/c1-5-35-18(4)33-9-11-34(12-10-33)21-8-6-7-19(14-21)28-25-27-16-22(26)24(30-25)29-23-15-20(31-32-23)13-17(2)3/h6-8,14-17H,4-5,9-13H2,1-3H3,(H3,27,28,29,30,31,32). The van der Waals surface area contributed by atoms with E-state index in [-0.39, 0.29) is 5.82 Å². The number of benzene rings is 1. The van der Waals surface area contributed by atoms with E-state index in [1.54, 1.807) is 0 Å². The number of rotatable bonds is 10. The molecular formula is C25H33FN8O. The van der Waals surface area contributed by atoms with E-state index in [0.29, 0.717) is 24.3 Å². The van der Waals surface area contributed by atoms with Gasteiger partial charge in [0.2, 0.25) is 5.95 Å². The zero-order valence-corrected chi connectivity index (χ0v) is 20.5. The van der Waals surface area contributed by atoms with Gasteiger partial charge in [0.1, 0.15) is 0 Å². The number of piperazine rings is 1. The molecule has 1 saturated heterocycles. The average Bonchev–Trinajstić information content (AvgIpc) is 3.27. The highest BCUT2D eigenvalue weighted by atomic mass is 19.1. The van der Waals surface area contributed by atoms with Gasteiger partial charge in [0.15, 0.2) is 23.3 Å². The Hall–Kier alpha value is -3.82. The molecule has 4 rings (SSSR count). The minimum atomic E-state index is -0.552. The SMILES string of the molecule is C=C(OCC)N1CCN(c2cccc(Nc3ncc(F)c(Nc4cc(CC(C)C)[nH]n4)n3)c2)CC1. The summed E-state index contributed by atoms with van der Waals surface area (Å²) in [6.07, 6.45) is 2.01. The Kier molecular flexibility index (Phi) is 7.69. The minimum absolute atomic E-state index is 0.0619. The second kappa shape index (κ2) is 11.1. The minimum Gasteiger partial charge on any atom is -0.480 e. The van der Waals surface area contributed by atoms with Crippen molar-refractivity contribution in [1.29, 1.82) is 0 Å². The fraction of sp³-hybridized carbons (Fsp3) is 0.400. The molecule has 10 heteroatoms. The van der Waals surface area contributed by atoms with E-state index in [1.165, 1.54) is 0 Å². The number of aromatic nitrogens is 4. The predicted molar refractivity (Wildman–Crippen MR) is 137 cm³/mol. The Morgan fingerprint density at radius 3 is 2.74 bits per heavy atom. The molecule has 0 saturated carbocycles. The van der Waals surface area contributed by atoms with Crippen LogP contribution in [0.15, 0.2) is 49.0 Å². The maximum Gasteiger partial charge on any atom is 0.229 e.